The maximum Gasteiger partial charge on any atom is 0.252 e. The lowest BCUT2D eigenvalue weighted by molar-refractivity contribution is 0.0954. The summed E-state index contributed by atoms with van der Waals surface area (Å²) in [5.74, 6) is 0.620. The number of pyridine rings is 1. The second-order valence-corrected chi connectivity index (χ2v) is 7.10. The fraction of sp³-hybridized carbons (Fsp3) is 0.368. The zero-order valence-electron chi connectivity index (χ0n) is 15.1. The fourth-order valence-electron chi connectivity index (χ4n) is 2.38. The largest absolute Gasteiger partial charge is 0.370 e. The molecule has 0 bridgehead atoms. The molecule has 1 aromatic heterocycles. The number of benzene rings is 1. The van der Waals surface area contributed by atoms with E-state index in [0.717, 1.165) is 30.9 Å². The van der Waals surface area contributed by atoms with Gasteiger partial charge in [-0.25, -0.2) is 4.98 Å². The molecule has 2 N–H and O–H groups in total. The second kappa shape index (κ2) is 10.4. The third-order valence-electron chi connectivity index (χ3n) is 3.81. The molecule has 2 rings (SSSR count). The zero-order valence-corrected chi connectivity index (χ0v) is 16.6. The molecular formula is C19H24Cl2N4O. The maximum absolute atomic E-state index is 12.2. The molecule has 0 radical (unpaired) electrons. The predicted molar refractivity (Wildman–Crippen MR) is 108 cm³/mol. The number of aromatic nitrogens is 1. The number of nitrogens with one attached hydrogen (secondary N) is 2. The van der Waals surface area contributed by atoms with E-state index in [2.05, 4.69) is 20.5 Å². The van der Waals surface area contributed by atoms with Crippen molar-refractivity contribution in [2.45, 2.75) is 12.8 Å². The summed E-state index contributed by atoms with van der Waals surface area (Å²) in [5.41, 5.74) is 1.48. The monoisotopic (exact) mass is 394 g/mol. The van der Waals surface area contributed by atoms with Gasteiger partial charge in [-0.1, -0.05) is 29.3 Å². The standard InChI is InChI=1S/C19H24Cl2N4O/c1-25(2)11-3-9-22-18-7-5-15(13-24-18)19(26)23-10-8-14-4-6-16(20)12-17(14)21/h4-7,12-13H,3,8-11H2,1-2H3,(H,22,24)(H,23,26). The molecule has 0 atom stereocenters. The lowest BCUT2D eigenvalue weighted by Crippen LogP contribution is -2.26. The van der Waals surface area contributed by atoms with Gasteiger partial charge in [-0.15, -0.1) is 0 Å². The molecule has 7 heteroatoms. The molecule has 26 heavy (non-hydrogen) atoms. The van der Waals surface area contributed by atoms with Crippen LogP contribution in [0.25, 0.3) is 0 Å². The molecular weight excluding hydrogens is 371 g/mol. The Balaban J connectivity index is 1.76. The molecule has 0 spiro atoms. The Kier molecular flexibility index (Phi) is 8.16. The van der Waals surface area contributed by atoms with Crippen molar-refractivity contribution in [1.82, 2.24) is 15.2 Å². The highest BCUT2D eigenvalue weighted by Crippen LogP contribution is 2.21. The second-order valence-electron chi connectivity index (χ2n) is 6.26. The minimum atomic E-state index is -0.151. The molecule has 0 saturated heterocycles. The summed E-state index contributed by atoms with van der Waals surface area (Å²) < 4.78 is 0. The first-order valence-corrected chi connectivity index (χ1v) is 9.28. The van der Waals surface area contributed by atoms with E-state index >= 15 is 0 Å². The zero-order chi connectivity index (χ0) is 18.9. The SMILES string of the molecule is CN(C)CCCNc1ccc(C(=O)NCCc2ccc(Cl)cc2Cl)cn1. The van der Waals surface area contributed by atoms with Crippen molar-refractivity contribution in [1.29, 1.82) is 0 Å². The van der Waals surface area contributed by atoms with Crippen LogP contribution in [-0.2, 0) is 6.42 Å². The molecule has 0 unspecified atom stereocenters. The van der Waals surface area contributed by atoms with Gasteiger partial charge in [0.2, 0.25) is 0 Å². The van der Waals surface area contributed by atoms with Gasteiger partial charge in [-0.3, -0.25) is 4.79 Å². The third kappa shape index (κ3) is 6.83. The van der Waals surface area contributed by atoms with Crippen LogP contribution in [0.4, 0.5) is 5.82 Å². The van der Waals surface area contributed by atoms with Crippen LogP contribution in [0, 0.1) is 0 Å². The van der Waals surface area contributed by atoms with Crippen LogP contribution in [0.3, 0.4) is 0 Å². The average molecular weight is 395 g/mol. The Hall–Kier alpha value is -1.82. The van der Waals surface area contributed by atoms with E-state index in [4.69, 9.17) is 23.2 Å². The van der Waals surface area contributed by atoms with E-state index in [9.17, 15) is 4.79 Å². The minimum absolute atomic E-state index is 0.151. The molecule has 1 aromatic carbocycles. The number of hydrogen-bond donors (Lipinski definition) is 2. The fourth-order valence-corrected chi connectivity index (χ4v) is 2.88. The van der Waals surface area contributed by atoms with E-state index in [0.29, 0.717) is 28.6 Å². The van der Waals surface area contributed by atoms with Crippen LogP contribution in [0.15, 0.2) is 36.5 Å². The van der Waals surface area contributed by atoms with Gasteiger partial charge in [0.15, 0.2) is 0 Å². The molecule has 140 valence electrons. The van der Waals surface area contributed by atoms with Crippen LogP contribution in [0.5, 0.6) is 0 Å². The van der Waals surface area contributed by atoms with Crippen molar-refractivity contribution >= 4 is 34.9 Å². The van der Waals surface area contributed by atoms with Gasteiger partial charge in [0.05, 0.1) is 5.56 Å². The summed E-state index contributed by atoms with van der Waals surface area (Å²) in [6.45, 7) is 2.36. The van der Waals surface area contributed by atoms with Crippen molar-refractivity contribution in [3.8, 4) is 0 Å². The van der Waals surface area contributed by atoms with Gasteiger partial charge in [0, 0.05) is 29.3 Å². The molecule has 2 aromatic rings. The van der Waals surface area contributed by atoms with Gasteiger partial charge in [0.1, 0.15) is 5.82 Å². The number of halogens is 2. The van der Waals surface area contributed by atoms with Crippen LogP contribution in [0.1, 0.15) is 22.3 Å². The van der Waals surface area contributed by atoms with E-state index in [1.165, 1.54) is 0 Å². The highest BCUT2D eigenvalue weighted by Gasteiger charge is 2.07. The minimum Gasteiger partial charge on any atom is -0.370 e. The van der Waals surface area contributed by atoms with E-state index in [1.54, 1.807) is 24.4 Å². The van der Waals surface area contributed by atoms with Crippen molar-refractivity contribution in [3.63, 3.8) is 0 Å². The van der Waals surface area contributed by atoms with Gasteiger partial charge < -0.3 is 15.5 Å². The smallest absolute Gasteiger partial charge is 0.252 e. The quantitative estimate of drug-likeness (QED) is 0.636. The number of carbonyl (C=O) groups is 1. The van der Waals surface area contributed by atoms with Gasteiger partial charge in [0.25, 0.3) is 5.91 Å². The summed E-state index contributed by atoms with van der Waals surface area (Å²) in [4.78, 5) is 18.6. The van der Waals surface area contributed by atoms with E-state index < -0.39 is 0 Å². The average Bonchev–Trinajstić information content (AvgIpc) is 2.61. The van der Waals surface area contributed by atoms with Crippen molar-refractivity contribution in [2.75, 3.05) is 39.0 Å². The first kappa shape index (κ1) is 20.5. The lowest BCUT2D eigenvalue weighted by atomic mass is 10.1. The molecule has 1 heterocycles. The summed E-state index contributed by atoms with van der Waals surface area (Å²) in [7, 11) is 4.10. The van der Waals surface area contributed by atoms with Gasteiger partial charge in [-0.2, -0.15) is 0 Å². The van der Waals surface area contributed by atoms with E-state index in [-0.39, 0.29) is 5.91 Å². The Morgan fingerprint density at radius 3 is 2.62 bits per heavy atom. The summed E-state index contributed by atoms with van der Waals surface area (Å²) in [5, 5.41) is 7.33. The number of amides is 1. The predicted octanol–water partition coefficient (Wildman–Crippen LogP) is 3.72. The van der Waals surface area contributed by atoms with Crippen LogP contribution < -0.4 is 10.6 Å². The van der Waals surface area contributed by atoms with Crippen LogP contribution >= 0.6 is 23.2 Å². The normalized spacial score (nSPS) is 10.8. The van der Waals surface area contributed by atoms with Crippen LogP contribution in [-0.4, -0.2) is 49.5 Å². The van der Waals surface area contributed by atoms with Crippen molar-refractivity contribution in [3.05, 3.63) is 57.7 Å². The third-order valence-corrected chi connectivity index (χ3v) is 4.40. The van der Waals surface area contributed by atoms with E-state index in [1.807, 2.05) is 26.2 Å². The topological polar surface area (TPSA) is 57.3 Å². The first-order valence-electron chi connectivity index (χ1n) is 8.52. The highest BCUT2D eigenvalue weighted by atomic mass is 35.5. The van der Waals surface area contributed by atoms with Crippen molar-refractivity contribution in [2.24, 2.45) is 0 Å². The Bertz CT molecular complexity index is 720. The number of rotatable bonds is 9. The number of nitrogens with zero attached hydrogens (tertiary/aromatic N) is 2. The molecule has 0 aliphatic carbocycles. The molecule has 0 aliphatic rings. The Labute approximate surface area is 164 Å². The summed E-state index contributed by atoms with van der Waals surface area (Å²) in [6.07, 6.45) is 3.25. The van der Waals surface area contributed by atoms with Gasteiger partial charge in [-0.05, 0) is 63.3 Å². The molecule has 0 saturated carbocycles. The molecule has 5 nitrogen and oxygen atoms in total. The lowest BCUT2D eigenvalue weighted by Gasteiger charge is -2.10. The number of anilines is 1. The number of hydrogen-bond acceptors (Lipinski definition) is 4. The maximum atomic E-state index is 12.2. The molecule has 1 amide bonds. The summed E-state index contributed by atoms with van der Waals surface area (Å²) in [6, 6.07) is 8.95. The molecule has 0 fully saturated rings. The van der Waals surface area contributed by atoms with Crippen molar-refractivity contribution < 1.29 is 4.79 Å². The van der Waals surface area contributed by atoms with Gasteiger partial charge >= 0.3 is 0 Å². The van der Waals surface area contributed by atoms with Crippen LogP contribution in [0.2, 0.25) is 10.0 Å². The number of carbonyl (C=O) groups excluding carboxylic acids is 1. The Morgan fingerprint density at radius 1 is 1.15 bits per heavy atom. The molecule has 0 aliphatic heterocycles. The summed E-state index contributed by atoms with van der Waals surface area (Å²) >= 11 is 12.0. The first-order chi connectivity index (χ1) is 12.5. The Morgan fingerprint density at radius 2 is 1.96 bits per heavy atom. The highest BCUT2D eigenvalue weighted by molar-refractivity contribution is 6.35.